The number of para-hydroxylation sites is 1. The molecule has 0 bridgehead atoms. The second kappa shape index (κ2) is 9.00. The fraction of sp³-hybridized carbons (Fsp3) is 0.167. The molecule has 10 heteroatoms. The molecule has 2 amide bonds. The van der Waals surface area contributed by atoms with Gasteiger partial charge < -0.3 is 20.5 Å². The molecule has 6 nitrogen and oxygen atoms in total. The zero-order valence-corrected chi connectivity index (χ0v) is 18.1. The Hall–Kier alpha value is -3.56. The van der Waals surface area contributed by atoms with Crippen LogP contribution in [-0.4, -0.2) is 28.8 Å². The van der Waals surface area contributed by atoms with Crippen molar-refractivity contribution in [1.82, 2.24) is 10.6 Å². The van der Waals surface area contributed by atoms with Crippen molar-refractivity contribution in [3.63, 3.8) is 0 Å². The number of benzene rings is 3. The summed E-state index contributed by atoms with van der Waals surface area (Å²) in [6.07, 6.45) is -5.35. The standard InChI is InChI=1S/C24H18ClF3N2O4/c25-16-11-9-14(10-12-16)21(31)19-20(29-22(32)30-23(19,33)24(26,27)28)15-5-4-8-18(13-15)34-17-6-2-1-3-7-17/h1-13,19-20,33H,(H2,29,30,32)/t19-,20-,23+/m1/s1. The van der Waals surface area contributed by atoms with Gasteiger partial charge in [0, 0.05) is 10.6 Å². The Bertz CT molecular complexity index is 1200. The van der Waals surface area contributed by atoms with E-state index in [1.165, 1.54) is 47.8 Å². The summed E-state index contributed by atoms with van der Waals surface area (Å²) < 4.78 is 47.9. The van der Waals surface area contributed by atoms with Gasteiger partial charge in [0.1, 0.15) is 17.4 Å². The molecular formula is C24H18ClF3N2O4. The van der Waals surface area contributed by atoms with Crippen molar-refractivity contribution in [1.29, 1.82) is 0 Å². The van der Waals surface area contributed by atoms with Gasteiger partial charge in [-0.3, -0.25) is 4.79 Å². The maximum atomic E-state index is 14.1. The van der Waals surface area contributed by atoms with E-state index in [0.29, 0.717) is 5.75 Å². The summed E-state index contributed by atoms with van der Waals surface area (Å²) in [5, 5.41) is 14.8. The van der Waals surface area contributed by atoms with Crippen molar-refractivity contribution >= 4 is 23.4 Å². The molecule has 0 spiro atoms. The number of Topliss-reactive ketones (excluding diaryl/α,β-unsaturated/α-hetero) is 1. The van der Waals surface area contributed by atoms with Gasteiger partial charge in [-0.2, -0.15) is 13.2 Å². The number of carbonyl (C=O) groups excluding carboxylic acids is 2. The Labute approximate surface area is 197 Å². The molecule has 0 aromatic heterocycles. The minimum atomic E-state index is -5.35. The third kappa shape index (κ3) is 4.57. The number of halogens is 4. The van der Waals surface area contributed by atoms with Gasteiger partial charge in [0.25, 0.3) is 0 Å². The molecule has 3 N–H and O–H groups in total. The number of rotatable bonds is 5. The average Bonchev–Trinajstić information content (AvgIpc) is 2.79. The highest BCUT2D eigenvalue weighted by Gasteiger charge is 2.66. The van der Waals surface area contributed by atoms with Gasteiger partial charge in [-0.05, 0) is 54.1 Å². The van der Waals surface area contributed by atoms with Crippen LogP contribution in [0, 0.1) is 5.92 Å². The molecule has 0 aliphatic carbocycles. The molecule has 3 atom stereocenters. The summed E-state index contributed by atoms with van der Waals surface area (Å²) in [6, 6.07) is 17.0. The predicted molar refractivity (Wildman–Crippen MR) is 118 cm³/mol. The summed E-state index contributed by atoms with van der Waals surface area (Å²) in [4.78, 5) is 25.5. The van der Waals surface area contributed by atoms with Crippen molar-refractivity contribution in [3.8, 4) is 11.5 Å². The SMILES string of the molecule is O=C1N[C@H](c2cccc(Oc3ccccc3)c2)[C@H](C(=O)c2ccc(Cl)cc2)[C@](O)(C(F)(F)F)N1. The predicted octanol–water partition coefficient (Wildman–Crippen LogP) is 5.24. The second-order valence-corrected chi connectivity index (χ2v) is 8.11. The van der Waals surface area contributed by atoms with Crippen LogP contribution in [0.1, 0.15) is 22.0 Å². The van der Waals surface area contributed by atoms with Crippen molar-refractivity contribution in [2.45, 2.75) is 17.9 Å². The fourth-order valence-electron chi connectivity index (χ4n) is 3.81. The van der Waals surface area contributed by atoms with Crippen molar-refractivity contribution in [3.05, 3.63) is 95.0 Å². The summed E-state index contributed by atoms with van der Waals surface area (Å²) in [5.41, 5.74) is -3.80. The van der Waals surface area contributed by atoms with Crippen molar-refractivity contribution in [2.24, 2.45) is 5.92 Å². The minimum absolute atomic E-state index is 0.114. The van der Waals surface area contributed by atoms with E-state index in [1.54, 1.807) is 36.4 Å². The molecule has 1 heterocycles. The number of hydrogen-bond acceptors (Lipinski definition) is 4. The molecule has 1 fully saturated rings. The molecule has 0 radical (unpaired) electrons. The summed E-state index contributed by atoms with van der Waals surface area (Å²) in [5.74, 6) is -2.44. The fourth-order valence-corrected chi connectivity index (χ4v) is 3.93. The van der Waals surface area contributed by atoms with Gasteiger partial charge in [0.2, 0.25) is 5.72 Å². The number of ether oxygens (including phenoxy) is 1. The molecule has 4 rings (SSSR count). The van der Waals surface area contributed by atoms with Crippen LogP contribution < -0.4 is 15.4 Å². The van der Waals surface area contributed by atoms with Gasteiger partial charge >= 0.3 is 12.2 Å². The quantitative estimate of drug-likeness (QED) is 0.427. The van der Waals surface area contributed by atoms with Crippen molar-refractivity contribution < 1.29 is 32.6 Å². The third-order valence-electron chi connectivity index (χ3n) is 5.41. The van der Waals surface area contributed by atoms with E-state index < -0.39 is 35.7 Å². The van der Waals surface area contributed by atoms with E-state index in [9.17, 15) is 27.9 Å². The lowest BCUT2D eigenvalue weighted by atomic mass is 9.77. The molecule has 3 aromatic carbocycles. The molecule has 3 aromatic rings. The molecule has 0 saturated carbocycles. The monoisotopic (exact) mass is 490 g/mol. The van der Waals surface area contributed by atoms with Gasteiger partial charge in [-0.1, -0.05) is 41.9 Å². The maximum absolute atomic E-state index is 14.1. The highest BCUT2D eigenvalue weighted by molar-refractivity contribution is 6.30. The molecule has 1 aliphatic heterocycles. The summed E-state index contributed by atoms with van der Waals surface area (Å²) in [7, 11) is 0. The number of alkyl halides is 3. The number of amides is 2. The normalized spacial score (nSPS) is 22.4. The lowest BCUT2D eigenvalue weighted by Gasteiger charge is -2.45. The van der Waals surface area contributed by atoms with Crippen LogP contribution in [0.3, 0.4) is 0 Å². The lowest BCUT2D eigenvalue weighted by molar-refractivity contribution is -0.287. The molecule has 1 saturated heterocycles. The zero-order chi connectivity index (χ0) is 24.5. The number of urea groups is 1. The van der Waals surface area contributed by atoms with Gasteiger partial charge in [-0.15, -0.1) is 0 Å². The van der Waals surface area contributed by atoms with E-state index in [2.05, 4.69) is 5.32 Å². The number of hydrogen-bond donors (Lipinski definition) is 3. The van der Waals surface area contributed by atoms with E-state index in [-0.39, 0.29) is 21.9 Å². The first-order chi connectivity index (χ1) is 16.1. The third-order valence-corrected chi connectivity index (χ3v) is 5.67. The van der Waals surface area contributed by atoms with Gasteiger partial charge in [0.05, 0.1) is 6.04 Å². The van der Waals surface area contributed by atoms with Crippen LogP contribution in [0.4, 0.5) is 18.0 Å². The Morgan fingerprint density at radius 1 is 0.971 bits per heavy atom. The van der Waals surface area contributed by atoms with E-state index in [4.69, 9.17) is 16.3 Å². The Balaban J connectivity index is 1.78. The molecule has 1 aliphatic rings. The number of nitrogens with one attached hydrogen (secondary N) is 2. The van der Waals surface area contributed by atoms with Crippen LogP contribution in [0.5, 0.6) is 11.5 Å². The average molecular weight is 491 g/mol. The van der Waals surface area contributed by atoms with Crippen LogP contribution in [-0.2, 0) is 0 Å². The van der Waals surface area contributed by atoms with Gasteiger partial charge in [0.15, 0.2) is 5.78 Å². The van der Waals surface area contributed by atoms with E-state index in [0.717, 1.165) is 0 Å². The zero-order valence-electron chi connectivity index (χ0n) is 17.3. The first-order valence-electron chi connectivity index (χ1n) is 10.1. The number of ketones is 1. The smallest absolute Gasteiger partial charge is 0.437 e. The highest BCUT2D eigenvalue weighted by Crippen LogP contribution is 2.44. The first kappa shape index (κ1) is 23.6. The van der Waals surface area contributed by atoms with E-state index in [1.807, 2.05) is 0 Å². The maximum Gasteiger partial charge on any atom is 0.437 e. The minimum Gasteiger partial charge on any atom is -0.457 e. The largest absolute Gasteiger partial charge is 0.457 e. The van der Waals surface area contributed by atoms with Crippen molar-refractivity contribution in [2.75, 3.05) is 0 Å². The topological polar surface area (TPSA) is 87.7 Å². The summed E-state index contributed by atoms with van der Waals surface area (Å²) in [6.45, 7) is 0. The van der Waals surface area contributed by atoms with Crippen LogP contribution in [0.25, 0.3) is 0 Å². The Morgan fingerprint density at radius 3 is 2.26 bits per heavy atom. The van der Waals surface area contributed by atoms with Crippen LogP contribution >= 0.6 is 11.6 Å². The lowest BCUT2D eigenvalue weighted by Crippen LogP contribution is -2.72. The first-order valence-corrected chi connectivity index (χ1v) is 10.5. The Kier molecular flexibility index (Phi) is 6.24. The molecule has 176 valence electrons. The highest BCUT2D eigenvalue weighted by atomic mass is 35.5. The van der Waals surface area contributed by atoms with Crippen LogP contribution in [0.15, 0.2) is 78.9 Å². The van der Waals surface area contributed by atoms with Gasteiger partial charge in [-0.25, -0.2) is 4.79 Å². The Morgan fingerprint density at radius 2 is 1.62 bits per heavy atom. The second-order valence-electron chi connectivity index (χ2n) is 7.68. The molecule has 34 heavy (non-hydrogen) atoms. The van der Waals surface area contributed by atoms with Crippen LogP contribution in [0.2, 0.25) is 5.02 Å². The molecule has 0 unspecified atom stereocenters. The van der Waals surface area contributed by atoms with E-state index >= 15 is 0 Å². The summed E-state index contributed by atoms with van der Waals surface area (Å²) >= 11 is 5.83. The number of carbonyl (C=O) groups is 2. The number of aliphatic hydroxyl groups is 1. The molecular weight excluding hydrogens is 473 g/mol.